The van der Waals surface area contributed by atoms with E-state index >= 15 is 0 Å². The first kappa shape index (κ1) is 11.3. The van der Waals surface area contributed by atoms with Crippen LogP contribution in [0.15, 0.2) is 16.9 Å². The molecule has 2 rings (SSSR count). The Morgan fingerprint density at radius 1 is 1.62 bits per heavy atom. The zero-order chi connectivity index (χ0) is 8.39. The third-order valence-electron chi connectivity index (χ3n) is 2.27. The molecule has 3 nitrogen and oxygen atoms in total. The molecule has 0 aromatic heterocycles. The fourth-order valence-electron chi connectivity index (χ4n) is 1.64. The number of likely N-dealkylation sites (tertiary alicyclic amines) is 1. The van der Waals surface area contributed by atoms with Crippen LogP contribution in [0.2, 0.25) is 0 Å². The van der Waals surface area contributed by atoms with E-state index in [-0.39, 0.29) is 37.2 Å². The summed E-state index contributed by atoms with van der Waals surface area (Å²) in [4.78, 5) is 6.38. The van der Waals surface area contributed by atoms with E-state index < -0.39 is 0 Å². The Morgan fingerprint density at radius 2 is 2.46 bits per heavy atom. The molecule has 1 fully saturated rings. The van der Waals surface area contributed by atoms with Crippen molar-refractivity contribution in [3.8, 4) is 0 Å². The van der Waals surface area contributed by atoms with Crippen molar-refractivity contribution in [3.63, 3.8) is 0 Å². The molecule has 0 saturated carbocycles. The molecule has 2 heterocycles. The normalized spacial score (nSPS) is 27.0. The summed E-state index contributed by atoms with van der Waals surface area (Å²) in [6.07, 6.45) is 7.11. The van der Waals surface area contributed by atoms with E-state index in [1.165, 1.54) is 18.5 Å². The zero-order valence-corrected chi connectivity index (χ0v) is 11.8. The fourth-order valence-corrected chi connectivity index (χ4v) is 1.64. The summed E-state index contributed by atoms with van der Waals surface area (Å²) in [5, 5.41) is 0. The summed E-state index contributed by atoms with van der Waals surface area (Å²) < 4.78 is 0. The molecule has 2 aliphatic rings. The zero-order valence-electron chi connectivity index (χ0n) is 7.61. The van der Waals surface area contributed by atoms with Crippen molar-refractivity contribution >= 4 is 6.21 Å². The molecule has 4 heteroatoms. The number of hydrogen-bond acceptors (Lipinski definition) is 3. The van der Waals surface area contributed by atoms with Gasteiger partial charge in [-0.05, 0) is 6.54 Å². The van der Waals surface area contributed by atoms with Crippen LogP contribution in [-0.2, 0) is 0 Å². The molecule has 1 atom stereocenters. The second-order valence-corrected chi connectivity index (χ2v) is 3.30. The third kappa shape index (κ3) is 2.84. The molecule has 70 valence electrons. The Kier molecular flexibility index (Phi) is 4.51. The van der Waals surface area contributed by atoms with Crippen LogP contribution in [0.4, 0.5) is 0 Å². The minimum Gasteiger partial charge on any atom is -0.524 e. The van der Waals surface area contributed by atoms with Crippen molar-refractivity contribution in [1.82, 2.24) is 4.90 Å². The SMILES string of the molecule is NC1C=NC=C(N2[CH-]CCC2)C1.[U]. The number of nitrogens with zero attached hydrogens (tertiary/aromatic N) is 2. The van der Waals surface area contributed by atoms with Crippen molar-refractivity contribution in [2.75, 3.05) is 6.54 Å². The van der Waals surface area contributed by atoms with E-state index in [2.05, 4.69) is 16.4 Å². The Hall–Kier alpha value is 0.222. The van der Waals surface area contributed by atoms with Crippen molar-refractivity contribution < 1.29 is 31.1 Å². The first-order valence-corrected chi connectivity index (χ1v) is 4.44. The van der Waals surface area contributed by atoms with Gasteiger partial charge >= 0.3 is 0 Å². The second-order valence-electron chi connectivity index (χ2n) is 3.30. The van der Waals surface area contributed by atoms with Gasteiger partial charge in [0.15, 0.2) is 0 Å². The molecule has 0 spiro atoms. The van der Waals surface area contributed by atoms with Crippen LogP contribution >= 0.6 is 0 Å². The number of hydrogen-bond donors (Lipinski definition) is 1. The molecule has 0 bridgehead atoms. The second kappa shape index (κ2) is 5.19. The maximum Gasteiger partial charge on any atom is 0.0454 e. The summed E-state index contributed by atoms with van der Waals surface area (Å²) in [6.45, 7) is 3.37. The predicted octanol–water partition coefficient (Wildman–Crippen LogP) is 0.887. The van der Waals surface area contributed by atoms with Crippen LogP contribution in [-0.4, -0.2) is 23.7 Å². The minimum atomic E-state index is 0. The van der Waals surface area contributed by atoms with Crippen molar-refractivity contribution in [3.05, 3.63) is 18.4 Å². The number of rotatable bonds is 1. The van der Waals surface area contributed by atoms with Crippen molar-refractivity contribution in [1.29, 1.82) is 0 Å². The summed E-state index contributed by atoms with van der Waals surface area (Å²) in [5.74, 6) is 0. The van der Waals surface area contributed by atoms with Gasteiger partial charge in [-0.25, -0.2) is 6.54 Å². The van der Waals surface area contributed by atoms with E-state index in [4.69, 9.17) is 5.73 Å². The van der Waals surface area contributed by atoms with E-state index in [0.29, 0.717) is 0 Å². The van der Waals surface area contributed by atoms with Gasteiger partial charge in [-0.1, -0.05) is 6.42 Å². The first-order chi connectivity index (χ1) is 5.86. The molecule has 1 unspecified atom stereocenters. The first-order valence-electron chi connectivity index (χ1n) is 4.44. The van der Waals surface area contributed by atoms with Crippen LogP contribution in [0, 0.1) is 37.7 Å². The molecule has 2 N–H and O–H groups in total. The Morgan fingerprint density at radius 3 is 3.08 bits per heavy atom. The van der Waals surface area contributed by atoms with Crippen LogP contribution in [0.25, 0.3) is 0 Å². The summed E-state index contributed by atoms with van der Waals surface area (Å²) in [7, 11) is 0. The van der Waals surface area contributed by atoms with E-state index in [1.54, 1.807) is 6.21 Å². The molecule has 0 aromatic carbocycles. The molecule has 0 amide bonds. The van der Waals surface area contributed by atoms with Gasteiger partial charge in [-0.2, -0.15) is 6.42 Å². The van der Waals surface area contributed by atoms with Gasteiger partial charge in [0.05, 0.1) is 0 Å². The summed E-state index contributed by atoms with van der Waals surface area (Å²) >= 11 is 0. The molecule has 0 radical (unpaired) electrons. The third-order valence-corrected chi connectivity index (χ3v) is 2.27. The van der Waals surface area contributed by atoms with Gasteiger partial charge in [-0.15, -0.1) is 0 Å². The molecular weight excluding hydrogens is 388 g/mol. The van der Waals surface area contributed by atoms with E-state index in [9.17, 15) is 0 Å². The fraction of sp³-hybridized carbons (Fsp3) is 0.556. The van der Waals surface area contributed by atoms with Gasteiger partial charge in [0.2, 0.25) is 0 Å². The summed E-state index contributed by atoms with van der Waals surface area (Å²) in [5.41, 5.74) is 7.03. The van der Waals surface area contributed by atoms with Crippen LogP contribution < -0.4 is 5.73 Å². The van der Waals surface area contributed by atoms with Crippen molar-refractivity contribution in [2.45, 2.75) is 25.3 Å². The van der Waals surface area contributed by atoms with Crippen LogP contribution in [0.5, 0.6) is 0 Å². The average molecular weight is 402 g/mol. The number of aliphatic imine (C=N–C) groups is 1. The Bertz CT molecular complexity index is 219. The van der Waals surface area contributed by atoms with Crippen molar-refractivity contribution in [2.24, 2.45) is 10.7 Å². The molecule has 0 aromatic rings. The minimum absolute atomic E-state index is 0. The van der Waals surface area contributed by atoms with Gasteiger partial charge in [0.1, 0.15) is 0 Å². The Labute approximate surface area is 103 Å². The van der Waals surface area contributed by atoms with Gasteiger partial charge in [0, 0.05) is 61.7 Å². The van der Waals surface area contributed by atoms with Gasteiger partial charge in [0.25, 0.3) is 0 Å². The standard InChI is InChI=1S/C9H14N3.U/c10-8-5-9(7-11-6-8)12-3-1-2-4-12;/h3,6-8H,1-2,4-5,10H2;/q-1;. The number of nitrogens with two attached hydrogens (primary N) is 1. The Balaban J connectivity index is 0.000000845. The van der Waals surface area contributed by atoms with Crippen LogP contribution in [0.1, 0.15) is 19.3 Å². The van der Waals surface area contributed by atoms with E-state index in [0.717, 1.165) is 13.0 Å². The topological polar surface area (TPSA) is 41.6 Å². The van der Waals surface area contributed by atoms with Crippen LogP contribution in [0.3, 0.4) is 0 Å². The van der Waals surface area contributed by atoms with E-state index in [1.807, 2.05) is 6.20 Å². The summed E-state index contributed by atoms with van der Waals surface area (Å²) in [6, 6.07) is 0.110. The molecule has 1 saturated heterocycles. The molecule has 2 aliphatic heterocycles. The monoisotopic (exact) mass is 402 g/mol. The maximum absolute atomic E-state index is 5.76. The quantitative estimate of drug-likeness (QED) is 0.662. The largest absolute Gasteiger partial charge is 0.524 e. The average Bonchev–Trinajstić information content (AvgIpc) is 2.56. The smallest absolute Gasteiger partial charge is 0.0454 e. The molecular formula is C9H14N3U-. The molecule has 13 heavy (non-hydrogen) atoms. The molecule has 0 aliphatic carbocycles. The van der Waals surface area contributed by atoms with Gasteiger partial charge < -0.3 is 10.6 Å². The predicted molar refractivity (Wildman–Crippen MR) is 49.4 cm³/mol. The maximum atomic E-state index is 5.76. The van der Waals surface area contributed by atoms with Gasteiger partial charge in [-0.3, -0.25) is 4.99 Å².